The summed E-state index contributed by atoms with van der Waals surface area (Å²) < 4.78 is 11.1. The Morgan fingerprint density at radius 2 is 1.80 bits per heavy atom. The Morgan fingerprint density at radius 3 is 2.20 bits per heavy atom. The van der Waals surface area contributed by atoms with Gasteiger partial charge in [0.15, 0.2) is 11.5 Å². The van der Waals surface area contributed by atoms with Crippen LogP contribution in [0.3, 0.4) is 0 Å². The van der Waals surface area contributed by atoms with Crippen LogP contribution >= 0.6 is 15.9 Å². The van der Waals surface area contributed by atoms with E-state index in [9.17, 15) is 5.11 Å². The number of rotatable bonds is 3. The number of hydrogen-bond acceptors (Lipinski definition) is 3. The van der Waals surface area contributed by atoms with Crippen LogP contribution in [0, 0.1) is 0 Å². The first-order valence-corrected chi connectivity index (χ1v) is 5.34. The molecule has 0 saturated carbocycles. The van der Waals surface area contributed by atoms with Crippen molar-refractivity contribution in [2.45, 2.75) is 19.4 Å². The summed E-state index contributed by atoms with van der Waals surface area (Å²) in [5, 5.41) is 9.88. The molecular formula is C11H15BrO3. The molecule has 0 heterocycles. The predicted octanol–water partition coefficient (Wildman–Crippen LogP) is 2.69. The molecule has 1 aromatic carbocycles. The zero-order valence-electron chi connectivity index (χ0n) is 9.30. The van der Waals surface area contributed by atoms with Gasteiger partial charge in [-0.2, -0.15) is 0 Å². The molecule has 0 amide bonds. The monoisotopic (exact) mass is 274 g/mol. The molecule has 4 heteroatoms. The summed E-state index contributed by atoms with van der Waals surface area (Å²) in [6.07, 6.45) is 0. The smallest absolute Gasteiger partial charge is 0.174 e. The zero-order valence-corrected chi connectivity index (χ0v) is 10.9. The summed E-state index contributed by atoms with van der Waals surface area (Å²) in [4.78, 5) is 0. The number of halogens is 1. The van der Waals surface area contributed by atoms with E-state index in [1.54, 1.807) is 34.1 Å². The van der Waals surface area contributed by atoms with Crippen LogP contribution in [-0.4, -0.2) is 19.3 Å². The number of ether oxygens (including phenoxy) is 2. The fourth-order valence-corrected chi connectivity index (χ4v) is 1.88. The molecule has 0 aromatic heterocycles. The van der Waals surface area contributed by atoms with E-state index in [-0.39, 0.29) is 0 Å². The second kappa shape index (κ2) is 4.41. The zero-order chi connectivity index (χ0) is 11.6. The van der Waals surface area contributed by atoms with Crippen molar-refractivity contribution in [2.75, 3.05) is 14.2 Å². The normalized spacial score (nSPS) is 11.3. The van der Waals surface area contributed by atoms with Gasteiger partial charge in [0, 0.05) is 0 Å². The molecule has 0 fully saturated rings. The van der Waals surface area contributed by atoms with Crippen LogP contribution in [0.25, 0.3) is 0 Å². The summed E-state index contributed by atoms with van der Waals surface area (Å²) >= 11 is 3.38. The molecule has 0 bridgehead atoms. The highest BCUT2D eigenvalue weighted by molar-refractivity contribution is 9.10. The topological polar surface area (TPSA) is 38.7 Å². The van der Waals surface area contributed by atoms with Crippen LogP contribution in [0.4, 0.5) is 0 Å². The Balaban J connectivity index is 3.32. The van der Waals surface area contributed by atoms with Crippen molar-refractivity contribution in [1.29, 1.82) is 0 Å². The number of benzene rings is 1. The molecule has 0 radical (unpaired) electrons. The predicted molar refractivity (Wildman–Crippen MR) is 62.5 cm³/mol. The summed E-state index contributed by atoms with van der Waals surface area (Å²) in [5.74, 6) is 1.23. The second-order valence-corrected chi connectivity index (χ2v) is 4.61. The second-order valence-electron chi connectivity index (χ2n) is 3.75. The first-order valence-electron chi connectivity index (χ1n) is 4.54. The average molecular weight is 275 g/mol. The highest BCUT2D eigenvalue weighted by atomic mass is 79.9. The lowest BCUT2D eigenvalue weighted by atomic mass is 9.98. The van der Waals surface area contributed by atoms with Gasteiger partial charge in [-0.3, -0.25) is 0 Å². The number of hydrogen-bond donors (Lipinski definition) is 1. The lowest BCUT2D eigenvalue weighted by Crippen LogP contribution is -2.15. The lowest BCUT2D eigenvalue weighted by Gasteiger charge is -2.20. The number of methoxy groups -OCH3 is 2. The SMILES string of the molecule is COc1cc(C(C)(C)O)cc(Br)c1OC. The van der Waals surface area contributed by atoms with Gasteiger partial charge in [-0.1, -0.05) is 0 Å². The van der Waals surface area contributed by atoms with E-state index in [4.69, 9.17) is 9.47 Å². The van der Waals surface area contributed by atoms with Crippen LogP contribution in [0.2, 0.25) is 0 Å². The van der Waals surface area contributed by atoms with E-state index in [0.717, 1.165) is 10.0 Å². The molecule has 1 N–H and O–H groups in total. The van der Waals surface area contributed by atoms with Gasteiger partial charge in [-0.15, -0.1) is 0 Å². The van der Waals surface area contributed by atoms with E-state index in [1.807, 2.05) is 6.07 Å². The van der Waals surface area contributed by atoms with Gasteiger partial charge in [-0.05, 0) is 47.5 Å². The molecule has 0 spiro atoms. The number of aliphatic hydroxyl groups is 1. The first kappa shape index (κ1) is 12.3. The third-order valence-corrected chi connectivity index (χ3v) is 2.73. The molecule has 0 atom stereocenters. The minimum absolute atomic E-state index is 0.601. The average Bonchev–Trinajstić information content (AvgIpc) is 2.15. The fraction of sp³-hybridized carbons (Fsp3) is 0.455. The summed E-state index contributed by atoms with van der Waals surface area (Å²) in [5.41, 5.74) is -0.130. The van der Waals surface area contributed by atoms with Crippen molar-refractivity contribution in [1.82, 2.24) is 0 Å². The molecule has 84 valence electrons. The van der Waals surface area contributed by atoms with Crippen molar-refractivity contribution < 1.29 is 14.6 Å². The molecule has 3 nitrogen and oxygen atoms in total. The maximum Gasteiger partial charge on any atom is 0.174 e. The van der Waals surface area contributed by atoms with Crippen LogP contribution in [-0.2, 0) is 5.60 Å². The highest BCUT2D eigenvalue weighted by Gasteiger charge is 2.20. The molecule has 1 aromatic rings. The summed E-state index contributed by atoms with van der Waals surface area (Å²) in [7, 11) is 3.14. The van der Waals surface area contributed by atoms with Crippen LogP contribution in [0.5, 0.6) is 11.5 Å². The van der Waals surface area contributed by atoms with Gasteiger partial charge in [0.05, 0.1) is 24.3 Å². The van der Waals surface area contributed by atoms with Crippen LogP contribution in [0.1, 0.15) is 19.4 Å². The van der Waals surface area contributed by atoms with E-state index in [2.05, 4.69) is 15.9 Å². The van der Waals surface area contributed by atoms with Crippen LogP contribution in [0.15, 0.2) is 16.6 Å². The molecule has 0 aliphatic carbocycles. The summed E-state index contributed by atoms with van der Waals surface area (Å²) in [6, 6.07) is 3.59. The van der Waals surface area contributed by atoms with E-state index in [0.29, 0.717) is 11.5 Å². The minimum atomic E-state index is -0.901. The molecule has 0 unspecified atom stereocenters. The third-order valence-electron chi connectivity index (χ3n) is 2.14. The minimum Gasteiger partial charge on any atom is -0.493 e. The first-order chi connectivity index (χ1) is 6.90. The lowest BCUT2D eigenvalue weighted by molar-refractivity contribution is 0.0782. The van der Waals surface area contributed by atoms with Crippen LogP contribution < -0.4 is 9.47 Å². The molecule has 0 aliphatic heterocycles. The van der Waals surface area contributed by atoms with Crippen molar-refractivity contribution in [3.63, 3.8) is 0 Å². The maximum atomic E-state index is 9.88. The van der Waals surface area contributed by atoms with Gasteiger partial charge in [0.25, 0.3) is 0 Å². The molecular weight excluding hydrogens is 260 g/mol. The van der Waals surface area contributed by atoms with Gasteiger partial charge in [-0.25, -0.2) is 0 Å². The summed E-state index contributed by atoms with van der Waals surface area (Å²) in [6.45, 7) is 3.45. The molecule has 1 rings (SSSR count). The van der Waals surface area contributed by atoms with Gasteiger partial charge < -0.3 is 14.6 Å². The van der Waals surface area contributed by atoms with E-state index < -0.39 is 5.60 Å². The molecule has 0 saturated heterocycles. The van der Waals surface area contributed by atoms with E-state index in [1.165, 1.54) is 0 Å². The van der Waals surface area contributed by atoms with Crippen molar-refractivity contribution >= 4 is 15.9 Å². The van der Waals surface area contributed by atoms with E-state index >= 15 is 0 Å². The Bertz CT molecular complexity index is 356. The Hall–Kier alpha value is -0.740. The standard InChI is InChI=1S/C11H15BrO3/c1-11(2,13)7-5-8(12)10(15-4)9(6-7)14-3/h5-6,13H,1-4H3. The quantitative estimate of drug-likeness (QED) is 0.921. The molecule has 0 aliphatic rings. The third kappa shape index (κ3) is 2.63. The van der Waals surface area contributed by atoms with Crippen molar-refractivity contribution in [3.8, 4) is 11.5 Å². The fourth-order valence-electron chi connectivity index (χ4n) is 1.27. The Labute approximate surface area is 98.1 Å². The van der Waals surface area contributed by atoms with Gasteiger partial charge in [0.2, 0.25) is 0 Å². The Morgan fingerprint density at radius 1 is 1.20 bits per heavy atom. The maximum absolute atomic E-state index is 9.88. The van der Waals surface area contributed by atoms with Gasteiger partial charge >= 0.3 is 0 Å². The Kier molecular flexibility index (Phi) is 3.62. The molecule has 15 heavy (non-hydrogen) atoms. The van der Waals surface area contributed by atoms with Crippen molar-refractivity contribution in [2.24, 2.45) is 0 Å². The largest absolute Gasteiger partial charge is 0.493 e. The van der Waals surface area contributed by atoms with Crippen molar-refractivity contribution in [3.05, 3.63) is 22.2 Å². The van der Waals surface area contributed by atoms with Gasteiger partial charge in [0.1, 0.15) is 0 Å². The highest BCUT2D eigenvalue weighted by Crippen LogP contribution is 2.38.